The maximum Gasteiger partial charge on any atom is 0.315 e. The van der Waals surface area contributed by atoms with E-state index in [0.717, 1.165) is 25.0 Å². The van der Waals surface area contributed by atoms with Crippen molar-refractivity contribution in [2.75, 3.05) is 18.1 Å². The molecular formula is C9H14O2S. The maximum atomic E-state index is 10.9. The highest BCUT2D eigenvalue weighted by Gasteiger charge is 2.01. The molecule has 0 N–H and O–H groups in total. The molecule has 12 heavy (non-hydrogen) atoms. The van der Waals surface area contributed by atoms with Crippen LogP contribution >= 0.6 is 11.8 Å². The number of carbonyl (C=O) groups is 1. The molecule has 0 unspecified atom stereocenters. The van der Waals surface area contributed by atoms with Crippen molar-refractivity contribution in [2.45, 2.75) is 19.3 Å². The molecule has 0 radical (unpaired) electrons. The molecule has 0 aromatic heterocycles. The molecule has 1 rings (SSSR count). The topological polar surface area (TPSA) is 26.3 Å². The van der Waals surface area contributed by atoms with Crippen molar-refractivity contribution in [2.24, 2.45) is 0 Å². The lowest BCUT2D eigenvalue weighted by molar-refractivity contribution is -0.140. The molecule has 0 spiro atoms. The van der Waals surface area contributed by atoms with Gasteiger partial charge in [0.15, 0.2) is 0 Å². The minimum atomic E-state index is -0.0738. The van der Waals surface area contributed by atoms with E-state index in [0.29, 0.717) is 12.4 Å². The van der Waals surface area contributed by atoms with E-state index in [2.05, 4.69) is 12.2 Å². The van der Waals surface area contributed by atoms with E-state index in [4.69, 9.17) is 4.74 Å². The lowest BCUT2D eigenvalue weighted by atomic mass is 10.2. The van der Waals surface area contributed by atoms with Gasteiger partial charge >= 0.3 is 5.97 Å². The van der Waals surface area contributed by atoms with E-state index in [9.17, 15) is 4.79 Å². The summed E-state index contributed by atoms with van der Waals surface area (Å²) in [5.74, 6) is 1.34. The first-order valence-electron chi connectivity index (χ1n) is 4.28. The predicted octanol–water partition coefficient (Wildman–Crippen LogP) is 2.00. The molecule has 0 aromatic carbocycles. The normalized spacial score (nSPS) is 23.8. The van der Waals surface area contributed by atoms with Gasteiger partial charge in [0, 0.05) is 5.75 Å². The van der Waals surface area contributed by atoms with Gasteiger partial charge < -0.3 is 4.74 Å². The van der Waals surface area contributed by atoms with Crippen molar-refractivity contribution in [3.8, 4) is 0 Å². The summed E-state index contributed by atoms with van der Waals surface area (Å²) in [7, 11) is 0. The summed E-state index contributed by atoms with van der Waals surface area (Å²) < 4.78 is 4.99. The molecule has 1 aliphatic rings. The molecule has 1 aliphatic heterocycles. The molecule has 0 fully saturated rings. The van der Waals surface area contributed by atoms with Crippen LogP contribution in [-0.2, 0) is 9.53 Å². The van der Waals surface area contributed by atoms with Gasteiger partial charge in [-0.3, -0.25) is 4.79 Å². The average Bonchev–Trinajstić information content (AvgIpc) is 2.11. The zero-order valence-corrected chi connectivity index (χ0v) is 7.94. The molecule has 0 atom stereocenters. The van der Waals surface area contributed by atoms with Crippen molar-refractivity contribution in [1.82, 2.24) is 0 Å². The lowest BCUT2D eigenvalue weighted by Crippen LogP contribution is -2.08. The van der Waals surface area contributed by atoms with Gasteiger partial charge in [-0.05, 0) is 19.3 Å². The second-order valence-electron chi connectivity index (χ2n) is 2.70. The molecule has 68 valence electrons. The van der Waals surface area contributed by atoms with Gasteiger partial charge in [0.05, 0.1) is 12.4 Å². The Kier molecular flexibility index (Phi) is 4.92. The first-order chi connectivity index (χ1) is 5.89. The SMILES string of the molecule is O=C1CSC/C=C\CCCCO1. The maximum absolute atomic E-state index is 10.9. The van der Waals surface area contributed by atoms with Crippen LogP contribution in [0.4, 0.5) is 0 Å². The highest BCUT2D eigenvalue weighted by Crippen LogP contribution is 2.05. The second-order valence-corrected chi connectivity index (χ2v) is 3.73. The van der Waals surface area contributed by atoms with Gasteiger partial charge in [-0.1, -0.05) is 12.2 Å². The summed E-state index contributed by atoms with van der Waals surface area (Å²) in [4.78, 5) is 10.9. The van der Waals surface area contributed by atoms with Gasteiger partial charge in [-0.25, -0.2) is 0 Å². The van der Waals surface area contributed by atoms with Crippen molar-refractivity contribution < 1.29 is 9.53 Å². The Hall–Kier alpha value is -0.440. The number of hydrogen-bond acceptors (Lipinski definition) is 3. The highest BCUT2D eigenvalue weighted by molar-refractivity contribution is 8.00. The molecule has 0 aromatic rings. The molecule has 0 saturated carbocycles. The number of hydrogen-bond donors (Lipinski definition) is 0. The molecule has 0 saturated heterocycles. The molecule has 1 heterocycles. The molecule has 0 bridgehead atoms. The van der Waals surface area contributed by atoms with Crippen molar-refractivity contribution >= 4 is 17.7 Å². The first kappa shape index (κ1) is 9.65. The Bertz CT molecular complexity index is 166. The second kappa shape index (κ2) is 6.12. The van der Waals surface area contributed by atoms with Gasteiger partial charge in [-0.2, -0.15) is 0 Å². The number of thioether (sulfide) groups is 1. The fraction of sp³-hybridized carbons (Fsp3) is 0.667. The van der Waals surface area contributed by atoms with E-state index in [1.165, 1.54) is 0 Å². The number of esters is 1. The van der Waals surface area contributed by atoms with Gasteiger partial charge in [0.1, 0.15) is 0 Å². The van der Waals surface area contributed by atoms with Gasteiger partial charge in [0.25, 0.3) is 0 Å². The third-order valence-electron chi connectivity index (χ3n) is 1.63. The van der Waals surface area contributed by atoms with Crippen molar-refractivity contribution in [3.63, 3.8) is 0 Å². The molecular weight excluding hydrogens is 172 g/mol. The zero-order chi connectivity index (χ0) is 8.65. The highest BCUT2D eigenvalue weighted by atomic mass is 32.2. The quantitative estimate of drug-likeness (QED) is 0.427. The summed E-state index contributed by atoms with van der Waals surface area (Å²) in [6.45, 7) is 0.591. The standard InChI is InChI=1S/C9H14O2S/c10-9-8-12-7-5-3-1-2-4-6-11-9/h3,5H,1-2,4,6-8H2/b5-3-. The first-order valence-corrected chi connectivity index (χ1v) is 5.43. The van der Waals surface area contributed by atoms with Crippen LogP contribution in [0.25, 0.3) is 0 Å². The van der Waals surface area contributed by atoms with Crippen LogP contribution < -0.4 is 0 Å². The summed E-state index contributed by atoms with van der Waals surface area (Å²) in [6.07, 6.45) is 7.53. The molecule has 0 aliphatic carbocycles. The minimum absolute atomic E-state index is 0.0738. The van der Waals surface area contributed by atoms with Crippen LogP contribution in [0.5, 0.6) is 0 Å². The monoisotopic (exact) mass is 186 g/mol. The predicted molar refractivity (Wildman–Crippen MR) is 51.3 cm³/mol. The summed E-state index contributed by atoms with van der Waals surface area (Å²) in [5, 5.41) is 0. The van der Waals surface area contributed by atoms with E-state index in [1.54, 1.807) is 11.8 Å². The van der Waals surface area contributed by atoms with Crippen LogP contribution in [0.1, 0.15) is 19.3 Å². The van der Waals surface area contributed by atoms with E-state index >= 15 is 0 Å². The Morgan fingerprint density at radius 2 is 2.25 bits per heavy atom. The molecule has 2 nitrogen and oxygen atoms in total. The van der Waals surface area contributed by atoms with Crippen LogP contribution in [0.3, 0.4) is 0 Å². The fourth-order valence-electron chi connectivity index (χ4n) is 0.988. The Balaban J connectivity index is 2.26. The van der Waals surface area contributed by atoms with Gasteiger partial charge in [0.2, 0.25) is 0 Å². The number of rotatable bonds is 0. The summed E-state index contributed by atoms with van der Waals surface area (Å²) in [6, 6.07) is 0. The molecule has 3 heteroatoms. The number of cyclic esters (lactones) is 1. The van der Waals surface area contributed by atoms with Crippen LogP contribution in [0.2, 0.25) is 0 Å². The molecule has 0 amide bonds. The number of carbonyl (C=O) groups excluding carboxylic acids is 1. The van der Waals surface area contributed by atoms with E-state index < -0.39 is 0 Å². The van der Waals surface area contributed by atoms with Crippen LogP contribution in [0.15, 0.2) is 12.2 Å². The number of allylic oxidation sites excluding steroid dienone is 1. The Morgan fingerprint density at radius 1 is 1.33 bits per heavy atom. The zero-order valence-electron chi connectivity index (χ0n) is 7.12. The largest absolute Gasteiger partial charge is 0.465 e. The summed E-state index contributed by atoms with van der Waals surface area (Å²) in [5.41, 5.74) is 0. The third-order valence-corrected chi connectivity index (χ3v) is 2.50. The Morgan fingerprint density at radius 3 is 3.17 bits per heavy atom. The summed E-state index contributed by atoms with van der Waals surface area (Å²) >= 11 is 1.61. The van der Waals surface area contributed by atoms with Gasteiger partial charge in [-0.15, -0.1) is 11.8 Å². The average molecular weight is 186 g/mol. The minimum Gasteiger partial charge on any atom is -0.465 e. The van der Waals surface area contributed by atoms with Crippen molar-refractivity contribution in [1.29, 1.82) is 0 Å². The third kappa shape index (κ3) is 4.44. The number of ether oxygens (including phenoxy) is 1. The van der Waals surface area contributed by atoms with E-state index in [-0.39, 0.29) is 5.97 Å². The fourth-order valence-corrected chi connectivity index (χ4v) is 1.63. The van der Waals surface area contributed by atoms with Crippen molar-refractivity contribution in [3.05, 3.63) is 12.2 Å². The van der Waals surface area contributed by atoms with E-state index in [1.807, 2.05) is 0 Å². The lowest BCUT2D eigenvalue weighted by Gasteiger charge is -2.01. The Labute approximate surface area is 77.4 Å². The van der Waals surface area contributed by atoms with Crippen LogP contribution in [0, 0.1) is 0 Å². The van der Waals surface area contributed by atoms with Crippen LogP contribution in [-0.4, -0.2) is 24.1 Å². The smallest absolute Gasteiger partial charge is 0.315 e.